The Morgan fingerprint density at radius 2 is 1.96 bits per heavy atom. The fourth-order valence-corrected chi connectivity index (χ4v) is 4.03. The number of fused-ring (bicyclic) bond motifs is 1. The molecule has 0 spiro atoms. The summed E-state index contributed by atoms with van der Waals surface area (Å²) in [7, 11) is 0. The zero-order chi connectivity index (χ0) is 19.3. The van der Waals surface area contributed by atoms with Crippen molar-refractivity contribution in [2.45, 2.75) is 31.6 Å². The SMILES string of the molecule is O=C(O)c1c(N2CCc3[nH]nc(C4CC4)c3CC2)noc1-c1ccc(Cl)cc1. The number of aromatic nitrogens is 3. The molecule has 0 atom stereocenters. The van der Waals surface area contributed by atoms with Crippen molar-refractivity contribution in [2.75, 3.05) is 18.0 Å². The van der Waals surface area contributed by atoms with Gasteiger partial charge in [0.05, 0.1) is 5.69 Å². The number of benzene rings is 1. The lowest BCUT2D eigenvalue weighted by atomic mass is 10.1. The Labute approximate surface area is 166 Å². The largest absolute Gasteiger partial charge is 0.477 e. The van der Waals surface area contributed by atoms with Crippen molar-refractivity contribution >= 4 is 23.4 Å². The molecule has 144 valence electrons. The van der Waals surface area contributed by atoms with E-state index < -0.39 is 5.97 Å². The summed E-state index contributed by atoms with van der Waals surface area (Å²) in [5.74, 6) is 0.166. The molecule has 28 heavy (non-hydrogen) atoms. The van der Waals surface area contributed by atoms with Crippen LogP contribution in [0, 0.1) is 0 Å². The number of carboxylic acids is 1. The van der Waals surface area contributed by atoms with Gasteiger partial charge in [-0.2, -0.15) is 5.10 Å². The van der Waals surface area contributed by atoms with E-state index in [1.165, 1.54) is 24.1 Å². The Bertz CT molecular complexity index is 1040. The van der Waals surface area contributed by atoms with Crippen LogP contribution in [0.25, 0.3) is 11.3 Å². The lowest BCUT2D eigenvalue weighted by Gasteiger charge is -2.19. The van der Waals surface area contributed by atoms with Crippen LogP contribution in [-0.4, -0.2) is 39.5 Å². The molecule has 3 aromatic rings. The van der Waals surface area contributed by atoms with Gasteiger partial charge in [-0.3, -0.25) is 5.10 Å². The quantitative estimate of drug-likeness (QED) is 0.692. The van der Waals surface area contributed by atoms with Gasteiger partial charge in [0, 0.05) is 41.7 Å². The van der Waals surface area contributed by atoms with Crippen LogP contribution >= 0.6 is 11.6 Å². The first kappa shape index (κ1) is 17.3. The van der Waals surface area contributed by atoms with E-state index in [1.54, 1.807) is 24.3 Å². The Hall–Kier alpha value is -2.80. The normalized spacial score (nSPS) is 16.7. The van der Waals surface area contributed by atoms with Crippen LogP contribution in [0.4, 0.5) is 5.82 Å². The molecule has 0 bridgehead atoms. The van der Waals surface area contributed by atoms with Crippen molar-refractivity contribution in [3.63, 3.8) is 0 Å². The molecule has 5 rings (SSSR count). The van der Waals surface area contributed by atoms with Gasteiger partial charge in [0.25, 0.3) is 0 Å². The third kappa shape index (κ3) is 2.96. The molecule has 1 fully saturated rings. The summed E-state index contributed by atoms with van der Waals surface area (Å²) in [5, 5.41) is 22.2. The molecule has 1 aromatic carbocycles. The Balaban J connectivity index is 1.46. The minimum Gasteiger partial charge on any atom is -0.477 e. The highest BCUT2D eigenvalue weighted by atomic mass is 35.5. The number of hydrogen-bond acceptors (Lipinski definition) is 5. The summed E-state index contributed by atoms with van der Waals surface area (Å²) in [5.41, 5.74) is 4.37. The highest BCUT2D eigenvalue weighted by molar-refractivity contribution is 6.30. The summed E-state index contributed by atoms with van der Waals surface area (Å²) < 4.78 is 5.47. The van der Waals surface area contributed by atoms with Gasteiger partial charge in [0.15, 0.2) is 17.1 Å². The fourth-order valence-electron chi connectivity index (χ4n) is 3.90. The zero-order valence-electron chi connectivity index (χ0n) is 15.1. The van der Waals surface area contributed by atoms with Gasteiger partial charge in [-0.25, -0.2) is 4.79 Å². The molecule has 0 saturated heterocycles. The number of carbonyl (C=O) groups is 1. The van der Waals surface area contributed by atoms with Gasteiger partial charge in [-0.1, -0.05) is 16.8 Å². The van der Waals surface area contributed by atoms with E-state index in [9.17, 15) is 9.90 Å². The monoisotopic (exact) mass is 398 g/mol. The van der Waals surface area contributed by atoms with Crippen molar-refractivity contribution in [2.24, 2.45) is 0 Å². The Morgan fingerprint density at radius 1 is 1.21 bits per heavy atom. The number of nitrogens with one attached hydrogen (secondary N) is 1. The molecule has 2 aliphatic rings. The van der Waals surface area contributed by atoms with E-state index in [2.05, 4.69) is 15.4 Å². The number of carboxylic acid groups (broad SMARTS) is 1. The Kier molecular flexibility index (Phi) is 4.12. The maximum absolute atomic E-state index is 12.0. The first-order chi connectivity index (χ1) is 13.6. The minimum absolute atomic E-state index is 0.0911. The van der Waals surface area contributed by atoms with Gasteiger partial charge in [0.1, 0.15) is 0 Å². The maximum Gasteiger partial charge on any atom is 0.343 e. The van der Waals surface area contributed by atoms with Gasteiger partial charge in [0.2, 0.25) is 0 Å². The van der Waals surface area contributed by atoms with Crippen molar-refractivity contribution in [3.8, 4) is 11.3 Å². The molecular weight excluding hydrogens is 380 g/mol. The van der Waals surface area contributed by atoms with Crippen molar-refractivity contribution in [1.82, 2.24) is 15.4 Å². The molecule has 0 radical (unpaired) electrons. The number of halogens is 1. The molecule has 0 amide bonds. The molecule has 1 aliphatic heterocycles. The second-order valence-electron chi connectivity index (χ2n) is 7.35. The first-order valence-corrected chi connectivity index (χ1v) is 9.79. The average Bonchev–Trinajstić information content (AvgIpc) is 3.36. The maximum atomic E-state index is 12.0. The van der Waals surface area contributed by atoms with Gasteiger partial charge in [-0.15, -0.1) is 0 Å². The van der Waals surface area contributed by atoms with Gasteiger partial charge >= 0.3 is 5.97 Å². The average molecular weight is 399 g/mol. The lowest BCUT2D eigenvalue weighted by molar-refractivity contribution is 0.0698. The van der Waals surface area contributed by atoms with Crippen molar-refractivity contribution in [1.29, 1.82) is 0 Å². The lowest BCUT2D eigenvalue weighted by Crippen LogP contribution is -2.28. The molecular formula is C20H19ClN4O3. The van der Waals surface area contributed by atoms with Crippen LogP contribution in [0.2, 0.25) is 5.02 Å². The number of hydrogen-bond donors (Lipinski definition) is 2. The van der Waals surface area contributed by atoms with Crippen LogP contribution in [0.5, 0.6) is 0 Å². The fraction of sp³-hybridized carbons (Fsp3) is 0.350. The van der Waals surface area contributed by atoms with E-state index in [4.69, 9.17) is 16.1 Å². The topological polar surface area (TPSA) is 95.2 Å². The minimum atomic E-state index is -1.05. The predicted octanol–water partition coefficient (Wildman–Crippen LogP) is 3.90. The first-order valence-electron chi connectivity index (χ1n) is 9.41. The smallest absolute Gasteiger partial charge is 0.343 e. The summed E-state index contributed by atoms with van der Waals surface area (Å²) >= 11 is 5.94. The van der Waals surface area contributed by atoms with E-state index in [-0.39, 0.29) is 11.3 Å². The van der Waals surface area contributed by atoms with Crippen molar-refractivity contribution in [3.05, 3.63) is 51.8 Å². The highest BCUT2D eigenvalue weighted by Crippen LogP contribution is 2.42. The van der Waals surface area contributed by atoms with Crippen LogP contribution in [0.1, 0.15) is 46.1 Å². The predicted molar refractivity (Wildman–Crippen MR) is 104 cm³/mol. The van der Waals surface area contributed by atoms with Crippen LogP contribution < -0.4 is 4.90 Å². The van der Waals surface area contributed by atoms with E-state index >= 15 is 0 Å². The third-order valence-electron chi connectivity index (χ3n) is 5.51. The number of H-pyrrole nitrogens is 1. The molecule has 2 aromatic heterocycles. The van der Waals surface area contributed by atoms with Gasteiger partial charge in [-0.05, 0) is 49.1 Å². The van der Waals surface area contributed by atoms with Crippen molar-refractivity contribution < 1.29 is 14.4 Å². The van der Waals surface area contributed by atoms with E-state index in [1.807, 2.05) is 4.90 Å². The number of aromatic amines is 1. The second kappa shape index (κ2) is 6.67. The number of nitrogens with zero attached hydrogens (tertiary/aromatic N) is 3. The third-order valence-corrected chi connectivity index (χ3v) is 5.76. The molecule has 1 aliphatic carbocycles. The molecule has 2 N–H and O–H groups in total. The molecule has 0 unspecified atom stereocenters. The summed E-state index contributed by atoms with van der Waals surface area (Å²) in [4.78, 5) is 14.0. The number of aromatic carboxylic acids is 1. The van der Waals surface area contributed by atoms with E-state index in [0.717, 1.165) is 18.5 Å². The molecule has 7 nitrogen and oxygen atoms in total. The summed E-state index contributed by atoms with van der Waals surface area (Å²) in [6, 6.07) is 6.88. The van der Waals surface area contributed by atoms with Crippen LogP contribution in [0.15, 0.2) is 28.8 Å². The summed E-state index contributed by atoms with van der Waals surface area (Å²) in [6.45, 7) is 1.34. The van der Waals surface area contributed by atoms with Gasteiger partial charge < -0.3 is 14.5 Å². The zero-order valence-corrected chi connectivity index (χ0v) is 15.9. The highest BCUT2D eigenvalue weighted by Gasteiger charge is 2.33. The van der Waals surface area contributed by atoms with Crippen LogP contribution in [-0.2, 0) is 12.8 Å². The summed E-state index contributed by atoms with van der Waals surface area (Å²) in [6.07, 6.45) is 4.01. The van der Waals surface area contributed by atoms with E-state index in [0.29, 0.717) is 35.4 Å². The number of rotatable bonds is 4. The molecule has 1 saturated carbocycles. The number of anilines is 1. The van der Waals surface area contributed by atoms with Crippen LogP contribution in [0.3, 0.4) is 0 Å². The Morgan fingerprint density at radius 3 is 2.68 bits per heavy atom. The second-order valence-corrected chi connectivity index (χ2v) is 7.79. The molecule has 3 heterocycles. The molecule has 8 heteroatoms. The standard InChI is InChI=1S/C20H19ClN4O3/c21-13-5-3-12(4-6-13)18-16(20(26)27)19(24-28-18)25-9-7-14-15(8-10-25)22-23-17(14)11-1-2-11/h3-6,11H,1-2,7-10H2,(H,22,23)(H,26,27).